The molecule has 2 aliphatic heterocycles. The molecule has 2 fully saturated rings. The molecule has 4 heterocycles. The second-order valence-electron chi connectivity index (χ2n) is 7.85. The maximum atomic E-state index is 12.9. The van der Waals surface area contributed by atoms with E-state index in [4.69, 9.17) is 9.15 Å². The highest BCUT2D eigenvalue weighted by molar-refractivity contribution is 7.85. The first-order valence-corrected chi connectivity index (χ1v) is 12.0. The Hall–Kier alpha value is -2.66. The van der Waals surface area contributed by atoms with Crippen LogP contribution in [0.3, 0.4) is 0 Å². The lowest BCUT2D eigenvalue weighted by molar-refractivity contribution is -0.0694. The third-order valence-electron chi connectivity index (χ3n) is 5.66. The molecule has 0 radical (unpaired) electrons. The van der Waals surface area contributed by atoms with Crippen LogP contribution in [0.15, 0.2) is 57.0 Å². The lowest BCUT2D eigenvalue weighted by atomic mass is 10.1. The molecule has 0 saturated carbocycles. The van der Waals surface area contributed by atoms with E-state index < -0.39 is 10.8 Å². The molecule has 2 aromatic rings. The molecule has 10 heteroatoms. The van der Waals surface area contributed by atoms with Crippen molar-refractivity contribution in [2.75, 3.05) is 26.3 Å². The number of piperidine rings is 1. The number of carbonyl (C=O) groups excluding carboxylic acids is 1. The van der Waals surface area contributed by atoms with E-state index in [1.54, 1.807) is 36.8 Å². The molecule has 2 aromatic heterocycles. The van der Waals surface area contributed by atoms with Gasteiger partial charge in [-0.05, 0) is 57.1 Å². The average Bonchev–Trinajstić information content (AvgIpc) is 3.26. The summed E-state index contributed by atoms with van der Waals surface area (Å²) in [5.74, 6) is 0.392. The number of nitrogens with zero attached hydrogens (tertiary/aromatic N) is 3. The van der Waals surface area contributed by atoms with Crippen LogP contribution < -0.4 is 5.32 Å². The van der Waals surface area contributed by atoms with Gasteiger partial charge in [0.05, 0.1) is 53.4 Å². The van der Waals surface area contributed by atoms with E-state index >= 15 is 0 Å². The number of hydrogen-bond donors (Lipinski definition) is 1. The fraction of sp³-hybridized carbons (Fsp3) is 0.435. The topological polar surface area (TPSA) is 129 Å². The predicted octanol–water partition coefficient (Wildman–Crippen LogP) is 1.95. The van der Waals surface area contributed by atoms with E-state index in [2.05, 4.69) is 20.2 Å². The van der Waals surface area contributed by atoms with Gasteiger partial charge in [0.25, 0.3) is 5.91 Å². The smallest absolute Gasteiger partial charge is 0.287 e. The van der Waals surface area contributed by atoms with Crippen molar-refractivity contribution in [3.8, 4) is 0 Å². The van der Waals surface area contributed by atoms with Gasteiger partial charge < -0.3 is 19.9 Å². The van der Waals surface area contributed by atoms with Crippen LogP contribution in [0.4, 0.5) is 0 Å². The zero-order valence-electron chi connectivity index (χ0n) is 18.6. The Morgan fingerprint density at radius 1 is 1.30 bits per heavy atom. The van der Waals surface area contributed by atoms with Crippen molar-refractivity contribution < 1.29 is 25.1 Å². The number of pyridine rings is 1. The summed E-state index contributed by atoms with van der Waals surface area (Å²) in [5.41, 5.74) is 0.695. The van der Waals surface area contributed by atoms with Crippen molar-refractivity contribution >= 4 is 22.9 Å². The van der Waals surface area contributed by atoms with Crippen LogP contribution in [0, 0.1) is 0 Å². The van der Waals surface area contributed by atoms with Crippen LogP contribution in [0.2, 0.25) is 0 Å². The summed E-state index contributed by atoms with van der Waals surface area (Å²) in [7, 11) is -1.07. The number of nitrogens with one attached hydrogen (secondary N) is 1. The van der Waals surface area contributed by atoms with E-state index in [1.807, 2.05) is 19.1 Å². The van der Waals surface area contributed by atoms with Crippen LogP contribution in [-0.4, -0.2) is 69.3 Å². The average molecular weight is 477 g/mol. The first kappa shape index (κ1) is 25.0. The van der Waals surface area contributed by atoms with Crippen molar-refractivity contribution in [3.63, 3.8) is 0 Å². The molecule has 1 amide bonds. The maximum absolute atomic E-state index is 12.9. The highest BCUT2D eigenvalue weighted by Crippen LogP contribution is 2.24. The number of carbonyl (C=O) groups is 1. The molecule has 33 heavy (non-hydrogen) atoms. The predicted molar refractivity (Wildman–Crippen MR) is 128 cm³/mol. The Morgan fingerprint density at radius 2 is 2.09 bits per heavy atom. The van der Waals surface area contributed by atoms with E-state index in [9.17, 15) is 9.00 Å². The van der Waals surface area contributed by atoms with E-state index in [0.29, 0.717) is 17.5 Å². The first-order chi connectivity index (χ1) is 15.6. The number of furan rings is 1. The summed E-state index contributed by atoms with van der Waals surface area (Å²) in [4.78, 5) is 23.9. The van der Waals surface area contributed by atoms with E-state index in [1.165, 1.54) is 0 Å². The van der Waals surface area contributed by atoms with Crippen molar-refractivity contribution in [2.24, 2.45) is 4.99 Å². The van der Waals surface area contributed by atoms with Gasteiger partial charge in [-0.15, -0.1) is 0 Å². The van der Waals surface area contributed by atoms with Crippen LogP contribution >= 0.6 is 0 Å². The number of amides is 1. The molecule has 180 valence electrons. The van der Waals surface area contributed by atoms with Gasteiger partial charge in [-0.25, -0.2) is 0 Å². The number of rotatable bonds is 8. The highest BCUT2D eigenvalue weighted by Gasteiger charge is 2.31. The number of aliphatic imine (C=N–C) groups is 1. The number of likely N-dealkylation sites (tertiary alicyclic amines) is 1. The van der Waals surface area contributed by atoms with Crippen molar-refractivity contribution in [2.45, 2.75) is 42.5 Å². The molecular weight excluding hydrogens is 444 g/mol. The summed E-state index contributed by atoms with van der Waals surface area (Å²) in [6, 6.07) is 7.49. The minimum absolute atomic E-state index is 0. The molecule has 0 aliphatic carbocycles. The molecule has 9 nitrogen and oxygen atoms in total. The minimum atomic E-state index is -1.07. The lowest BCUT2D eigenvalue weighted by Crippen LogP contribution is -2.52. The summed E-state index contributed by atoms with van der Waals surface area (Å²) in [5, 5.41) is 2.95. The third-order valence-corrected chi connectivity index (χ3v) is 7.45. The van der Waals surface area contributed by atoms with Crippen molar-refractivity contribution in [3.05, 3.63) is 60.0 Å². The van der Waals surface area contributed by atoms with Gasteiger partial charge in [0, 0.05) is 19.1 Å². The Labute approximate surface area is 197 Å². The zero-order chi connectivity index (χ0) is 22.3. The van der Waals surface area contributed by atoms with E-state index in [-0.39, 0.29) is 30.4 Å². The molecule has 0 spiro atoms. The largest absolute Gasteiger partial charge is 0.450 e. The molecule has 3 N–H and O–H groups in total. The van der Waals surface area contributed by atoms with Crippen LogP contribution in [-0.2, 0) is 22.1 Å². The Bertz CT molecular complexity index is 999. The normalized spacial score (nSPS) is 18.8. The van der Waals surface area contributed by atoms with Crippen LogP contribution in [0.1, 0.15) is 43.2 Å². The second-order valence-corrected chi connectivity index (χ2v) is 9.59. The zero-order valence-corrected chi connectivity index (χ0v) is 19.4. The highest BCUT2D eigenvalue weighted by atomic mass is 32.2. The van der Waals surface area contributed by atoms with Crippen molar-refractivity contribution in [1.29, 1.82) is 0 Å². The molecule has 0 aromatic carbocycles. The molecule has 2 aliphatic rings. The number of ether oxygens (including phenoxy) is 1. The van der Waals surface area contributed by atoms with Crippen LogP contribution in [0.5, 0.6) is 0 Å². The fourth-order valence-corrected chi connectivity index (χ4v) is 5.10. The fourth-order valence-electron chi connectivity index (χ4n) is 3.72. The van der Waals surface area contributed by atoms with Gasteiger partial charge in [-0.2, -0.15) is 0 Å². The van der Waals surface area contributed by atoms with Gasteiger partial charge in [0.15, 0.2) is 5.76 Å². The van der Waals surface area contributed by atoms with Gasteiger partial charge in [-0.3, -0.25) is 23.9 Å². The lowest BCUT2D eigenvalue weighted by Gasteiger charge is -2.41. The van der Waals surface area contributed by atoms with Crippen LogP contribution in [0.25, 0.3) is 0 Å². The van der Waals surface area contributed by atoms with E-state index in [0.717, 1.165) is 44.0 Å². The summed E-state index contributed by atoms with van der Waals surface area (Å²) >= 11 is 0. The number of allylic oxidation sites excluding steroid dienone is 1. The first-order valence-electron chi connectivity index (χ1n) is 10.8. The maximum Gasteiger partial charge on any atom is 0.287 e. The standard InChI is InChI=1S/C23H28N4O4S.H2O.H2/c1-2-9-24-13-19-4-6-22(31-19)23(28)26-12-17-3-5-21(14-25-17)32(29)20-7-10-27(11-8-20)18-15-30-16-18;;/h2-6,9,13-14,18,20H,7-8,10-12,15-16H2,1H3,(H,26,28);1H2;1H/b9-2-,24-13?;;. The van der Waals surface area contributed by atoms with Gasteiger partial charge in [-0.1, -0.05) is 6.08 Å². The Balaban J connectivity index is 0.00000204. The van der Waals surface area contributed by atoms with Crippen molar-refractivity contribution in [1.82, 2.24) is 15.2 Å². The molecule has 2 saturated heterocycles. The quantitative estimate of drug-likeness (QED) is 0.580. The minimum Gasteiger partial charge on any atom is -0.450 e. The summed E-state index contributed by atoms with van der Waals surface area (Å²) in [6.45, 7) is 5.71. The molecule has 1 atom stereocenters. The SMILES string of the molecule is C/C=C\N=Cc1ccc(C(=O)NCc2ccc(S(=O)C3CCN(C4COC4)CC3)cn2)o1.O.[HH]. The van der Waals surface area contributed by atoms with Gasteiger partial charge >= 0.3 is 0 Å². The molecule has 1 unspecified atom stereocenters. The monoisotopic (exact) mass is 476 g/mol. The van der Waals surface area contributed by atoms with Gasteiger partial charge in [0.2, 0.25) is 0 Å². The number of aromatic nitrogens is 1. The molecule has 0 bridgehead atoms. The Kier molecular flexibility index (Phi) is 9.07. The summed E-state index contributed by atoms with van der Waals surface area (Å²) < 4.78 is 23.7. The molecular formula is C23H32N4O5S. The number of hydrogen-bond acceptors (Lipinski definition) is 7. The third kappa shape index (κ3) is 6.44. The van der Waals surface area contributed by atoms with Gasteiger partial charge in [0.1, 0.15) is 5.76 Å². The molecule has 4 rings (SSSR count). The summed E-state index contributed by atoms with van der Waals surface area (Å²) in [6.07, 6.45) is 8.49. The Morgan fingerprint density at radius 3 is 2.73 bits per heavy atom. The second kappa shape index (κ2) is 12.0.